The summed E-state index contributed by atoms with van der Waals surface area (Å²) < 4.78 is 1.09. The summed E-state index contributed by atoms with van der Waals surface area (Å²) in [5.74, 6) is 1.70. The summed E-state index contributed by atoms with van der Waals surface area (Å²) in [7, 11) is 0. The summed E-state index contributed by atoms with van der Waals surface area (Å²) in [6.45, 7) is 4.95. The standard InChI is InChI=1S/C14H16IN3S/c1-4-16-14-12(15)9(2)17-13(18-14)10-5-7-11(19-3)8-6-10/h5-8H,4H2,1-3H3,(H,16,17,18). The van der Waals surface area contributed by atoms with Gasteiger partial charge in [-0.2, -0.15) is 0 Å². The normalized spacial score (nSPS) is 10.5. The molecule has 1 aromatic carbocycles. The summed E-state index contributed by atoms with van der Waals surface area (Å²) in [4.78, 5) is 10.4. The van der Waals surface area contributed by atoms with Crippen LogP contribution in [0.1, 0.15) is 12.6 Å². The van der Waals surface area contributed by atoms with Crippen molar-refractivity contribution in [2.24, 2.45) is 0 Å². The third kappa shape index (κ3) is 3.39. The summed E-state index contributed by atoms with van der Waals surface area (Å²) >= 11 is 4.02. The van der Waals surface area contributed by atoms with E-state index >= 15 is 0 Å². The molecule has 0 aliphatic rings. The molecular weight excluding hydrogens is 369 g/mol. The molecule has 5 heteroatoms. The number of hydrogen-bond donors (Lipinski definition) is 1. The lowest BCUT2D eigenvalue weighted by atomic mass is 10.2. The van der Waals surface area contributed by atoms with Gasteiger partial charge in [0.1, 0.15) is 5.82 Å². The molecular formula is C14H16IN3S. The van der Waals surface area contributed by atoms with E-state index in [4.69, 9.17) is 0 Å². The molecule has 2 rings (SSSR count). The van der Waals surface area contributed by atoms with Gasteiger partial charge in [-0.3, -0.25) is 0 Å². The van der Waals surface area contributed by atoms with E-state index in [2.05, 4.69) is 75.3 Å². The third-order valence-electron chi connectivity index (χ3n) is 2.71. The zero-order chi connectivity index (χ0) is 13.8. The first-order valence-corrected chi connectivity index (χ1v) is 8.38. The second-order valence-corrected chi connectivity index (χ2v) is 6.01. The molecule has 2 aromatic rings. The highest BCUT2D eigenvalue weighted by Gasteiger charge is 2.10. The van der Waals surface area contributed by atoms with Crippen molar-refractivity contribution in [3.8, 4) is 11.4 Å². The van der Waals surface area contributed by atoms with Gasteiger partial charge in [-0.1, -0.05) is 12.1 Å². The molecule has 0 aliphatic heterocycles. The molecule has 0 spiro atoms. The highest BCUT2D eigenvalue weighted by Crippen LogP contribution is 2.25. The molecule has 0 unspecified atom stereocenters. The van der Waals surface area contributed by atoms with Gasteiger partial charge in [-0.15, -0.1) is 11.8 Å². The van der Waals surface area contributed by atoms with Crippen LogP contribution < -0.4 is 5.32 Å². The molecule has 1 aromatic heterocycles. The number of thioether (sulfide) groups is 1. The van der Waals surface area contributed by atoms with Crippen LogP contribution in [0.5, 0.6) is 0 Å². The summed E-state index contributed by atoms with van der Waals surface area (Å²) in [6, 6.07) is 8.35. The van der Waals surface area contributed by atoms with E-state index in [1.54, 1.807) is 11.8 Å². The van der Waals surface area contributed by atoms with Gasteiger partial charge >= 0.3 is 0 Å². The van der Waals surface area contributed by atoms with Gasteiger partial charge in [0.2, 0.25) is 0 Å². The van der Waals surface area contributed by atoms with Crippen molar-refractivity contribution in [2.75, 3.05) is 18.1 Å². The lowest BCUT2D eigenvalue weighted by Gasteiger charge is -2.10. The number of nitrogens with one attached hydrogen (secondary N) is 1. The molecule has 0 bridgehead atoms. The number of anilines is 1. The lowest BCUT2D eigenvalue weighted by Crippen LogP contribution is -2.06. The monoisotopic (exact) mass is 385 g/mol. The molecule has 19 heavy (non-hydrogen) atoms. The predicted octanol–water partition coefficient (Wildman–Crippen LogP) is 4.21. The van der Waals surface area contributed by atoms with Gasteiger partial charge < -0.3 is 5.32 Å². The van der Waals surface area contributed by atoms with Crippen molar-refractivity contribution in [2.45, 2.75) is 18.7 Å². The molecule has 0 amide bonds. The quantitative estimate of drug-likeness (QED) is 0.632. The molecule has 0 atom stereocenters. The molecule has 0 aliphatic carbocycles. The van der Waals surface area contributed by atoms with E-state index in [0.29, 0.717) is 0 Å². The van der Waals surface area contributed by atoms with E-state index in [0.717, 1.165) is 33.0 Å². The number of aromatic nitrogens is 2. The average molecular weight is 385 g/mol. The largest absolute Gasteiger partial charge is 0.369 e. The Balaban J connectivity index is 2.43. The molecule has 100 valence electrons. The van der Waals surface area contributed by atoms with Gasteiger partial charge in [-0.25, -0.2) is 9.97 Å². The van der Waals surface area contributed by atoms with E-state index in [1.807, 2.05) is 6.92 Å². The summed E-state index contributed by atoms with van der Waals surface area (Å²) in [5, 5.41) is 3.29. The minimum Gasteiger partial charge on any atom is -0.369 e. The number of rotatable bonds is 4. The molecule has 1 heterocycles. The van der Waals surface area contributed by atoms with Crippen LogP contribution in [0.3, 0.4) is 0 Å². The average Bonchev–Trinajstić information content (AvgIpc) is 2.44. The van der Waals surface area contributed by atoms with E-state index in [-0.39, 0.29) is 0 Å². The maximum atomic E-state index is 4.61. The van der Waals surface area contributed by atoms with Crippen LogP contribution in [-0.2, 0) is 0 Å². The summed E-state index contributed by atoms with van der Waals surface area (Å²) in [6.07, 6.45) is 2.07. The molecule has 3 nitrogen and oxygen atoms in total. The second kappa shape index (κ2) is 6.56. The Kier molecular flexibility index (Phi) is 5.04. The predicted molar refractivity (Wildman–Crippen MR) is 90.9 cm³/mol. The van der Waals surface area contributed by atoms with Gasteiger partial charge in [0, 0.05) is 17.0 Å². The number of aryl methyl sites for hydroxylation is 1. The maximum absolute atomic E-state index is 4.61. The number of benzene rings is 1. The minimum atomic E-state index is 0.779. The Bertz CT molecular complexity index is 570. The van der Waals surface area contributed by atoms with Crippen molar-refractivity contribution >= 4 is 40.2 Å². The van der Waals surface area contributed by atoms with Crippen molar-refractivity contribution in [3.05, 3.63) is 33.5 Å². The Hall–Kier alpha value is -0.820. The van der Waals surface area contributed by atoms with Gasteiger partial charge in [0.05, 0.1) is 9.26 Å². The maximum Gasteiger partial charge on any atom is 0.161 e. The lowest BCUT2D eigenvalue weighted by molar-refractivity contribution is 1.06. The third-order valence-corrected chi connectivity index (χ3v) is 4.74. The highest BCUT2D eigenvalue weighted by molar-refractivity contribution is 14.1. The number of halogens is 1. The van der Waals surface area contributed by atoms with E-state index in [9.17, 15) is 0 Å². The van der Waals surface area contributed by atoms with Gasteiger partial charge in [0.15, 0.2) is 5.82 Å². The fourth-order valence-corrected chi connectivity index (χ4v) is 2.55. The van der Waals surface area contributed by atoms with E-state index < -0.39 is 0 Å². The van der Waals surface area contributed by atoms with Crippen LogP contribution in [0.4, 0.5) is 5.82 Å². The molecule has 0 radical (unpaired) electrons. The second-order valence-electron chi connectivity index (χ2n) is 4.05. The Labute approximate surface area is 131 Å². The first-order valence-electron chi connectivity index (χ1n) is 6.08. The van der Waals surface area contributed by atoms with Crippen LogP contribution in [0, 0.1) is 10.5 Å². The zero-order valence-electron chi connectivity index (χ0n) is 11.2. The van der Waals surface area contributed by atoms with Crippen LogP contribution in [-0.4, -0.2) is 22.8 Å². The van der Waals surface area contributed by atoms with Crippen LogP contribution in [0.2, 0.25) is 0 Å². The molecule has 1 N–H and O–H groups in total. The topological polar surface area (TPSA) is 37.8 Å². The number of nitrogens with zero attached hydrogens (tertiary/aromatic N) is 2. The Morgan fingerprint density at radius 3 is 2.47 bits per heavy atom. The number of hydrogen-bond acceptors (Lipinski definition) is 4. The zero-order valence-corrected chi connectivity index (χ0v) is 14.2. The van der Waals surface area contributed by atoms with E-state index in [1.165, 1.54) is 4.90 Å². The minimum absolute atomic E-state index is 0.779. The van der Waals surface area contributed by atoms with Crippen molar-refractivity contribution in [3.63, 3.8) is 0 Å². The first-order chi connectivity index (χ1) is 9.15. The van der Waals surface area contributed by atoms with Crippen LogP contribution in [0.15, 0.2) is 29.2 Å². The van der Waals surface area contributed by atoms with Crippen LogP contribution >= 0.6 is 34.4 Å². The Morgan fingerprint density at radius 2 is 1.89 bits per heavy atom. The fourth-order valence-electron chi connectivity index (χ4n) is 1.71. The SMILES string of the molecule is CCNc1nc(-c2ccc(SC)cc2)nc(C)c1I. The smallest absolute Gasteiger partial charge is 0.161 e. The van der Waals surface area contributed by atoms with Crippen molar-refractivity contribution < 1.29 is 0 Å². The first kappa shape index (κ1) is 14.6. The van der Waals surface area contributed by atoms with Crippen LogP contribution in [0.25, 0.3) is 11.4 Å². The highest BCUT2D eigenvalue weighted by atomic mass is 127. The van der Waals surface area contributed by atoms with Gasteiger partial charge in [0.25, 0.3) is 0 Å². The molecule has 0 saturated carbocycles. The van der Waals surface area contributed by atoms with Gasteiger partial charge in [-0.05, 0) is 54.8 Å². The molecule has 0 saturated heterocycles. The summed E-state index contributed by atoms with van der Waals surface area (Å²) in [5.41, 5.74) is 2.06. The fraction of sp³-hybridized carbons (Fsp3) is 0.286. The van der Waals surface area contributed by atoms with Crippen molar-refractivity contribution in [1.29, 1.82) is 0 Å². The molecule has 0 fully saturated rings. The van der Waals surface area contributed by atoms with Crippen molar-refractivity contribution in [1.82, 2.24) is 9.97 Å². The Morgan fingerprint density at radius 1 is 1.21 bits per heavy atom.